The first-order valence-corrected chi connectivity index (χ1v) is 9.25. The molecule has 2 aliphatic heterocycles. The molecule has 1 aromatic carbocycles. The highest BCUT2D eigenvalue weighted by atomic mass is 16.9. The molecule has 3 atom stereocenters. The molecule has 1 saturated heterocycles. The summed E-state index contributed by atoms with van der Waals surface area (Å²) in [5.74, 6) is -4.48. The lowest BCUT2D eigenvalue weighted by molar-refractivity contribution is -0.166. The molecule has 0 spiro atoms. The highest BCUT2D eigenvalue weighted by Crippen LogP contribution is 2.54. The van der Waals surface area contributed by atoms with Gasteiger partial charge in [0.15, 0.2) is 6.10 Å². The highest BCUT2D eigenvalue weighted by molar-refractivity contribution is 5.87. The number of rotatable bonds is 8. The number of esters is 2. The van der Waals surface area contributed by atoms with Gasteiger partial charge in [0.25, 0.3) is 11.6 Å². The van der Waals surface area contributed by atoms with Crippen molar-refractivity contribution < 1.29 is 28.9 Å². The first-order chi connectivity index (χ1) is 13.0. The maximum absolute atomic E-state index is 12.3. The minimum atomic E-state index is -1.82. The normalized spacial score (nSPS) is 29.6. The van der Waals surface area contributed by atoms with Crippen molar-refractivity contribution in [3.63, 3.8) is 0 Å². The van der Waals surface area contributed by atoms with E-state index in [1.807, 2.05) is 30.3 Å². The molecule has 0 amide bonds. The van der Waals surface area contributed by atoms with Crippen LogP contribution in [0.4, 0.5) is 0 Å². The fraction of sp³-hybridized carbons (Fsp3) is 0.429. The minimum Gasteiger partial charge on any atom is -0.453 e. The Morgan fingerprint density at radius 3 is 2.81 bits per heavy atom. The third kappa shape index (κ3) is 4.28. The third-order valence-electron chi connectivity index (χ3n) is 4.71. The van der Waals surface area contributed by atoms with Crippen molar-refractivity contribution in [3.8, 4) is 0 Å². The van der Waals surface area contributed by atoms with Gasteiger partial charge in [-0.3, -0.25) is 4.74 Å². The molecule has 0 saturated carbocycles. The molecule has 144 valence electrons. The molecule has 1 aromatic rings. The average molecular weight is 372 g/mol. The quantitative estimate of drug-likeness (QED) is 0.327. The molecule has 2 heterocycles. The molecule has 27 heavy (non-hydrogen) atoms. The fourth-order valence-corrected chi connectivity index (χ4v) is 3.20. The second kappa shape index (κ2) is 8.06. The minimum absolute atomic E-state index is 0.301. The molecule has 1 N–H and O–H groups in total. The summed E-state index contributed by atoms with van der Waals surface area (Å²) >= 11 is 0. The third-order valence-corrected chi connectivity index (χ3v) is 4.71. The number of epoxide rings is 1. The molecular formula is C21H24O6. The second-order valence-corrected chi connectivity index (χ2v) is 6.74. The summed E-state index contributed by atoms with van der Waals surface area (Å²) in [5, 5.41) is 10.9. The van der Waals surface area contributed by atoms with Crippen molar-refractivity contribution in [2.45, 2.75) is 56.7 Å². The molecule has 0 radical (unpaired) electrons. The molecule has 3 unspecified atom stereocenters. The molecule has 6 heteroatoms. The van der Waals surface area contributed by atoms with Gasteiger partial charge in [0.2, 0.25) is 0 Å². The zero-order valence-electron chi connectivity index (χ0n) is 15.3. The predicted octanol–water partition coefficient (Wildman–Crippen LogP) is 3.11. The van der Waals surface area contributed by atoms with Crippen LogP contribution in [-0.2, 0) is 23.8 Å². The fourth-order valence-electron chi connectivity index (χ4n) is 3.20. The van der Waals surface area contributed by atoms with Crippen molar-refractivity contribution in [1.82, 2.24) is 0 Å². The van der Waals surface area contributed by atoms with Crippen LogP contribution in [0, 0.1) is 0 Å². The Morgan fingerprint density at radius 2 is 2.11 bits per heavy atom. The van der Waals surface area contributed by atoms with Crippen LogP contribution in [0.3, 0.4) is 0 Å². The summed E-state index contributed by atoms with van der Waals surface area (Å²) in [4.78, 5) is 23.8. The number of benzene rings is 1. The molecule has 3 rings (SSSR count). The number of ether oxygens (including phenoxy) is 3. The predicted molar refractivity (Wildman–Crippen MR) is 98.1 cm³/mol. The van der Waals surface area contributed by atoms with Crippen LogP contribution in [0.5, 0.6) is 0 Å². The molecular weight excluding hydrogens is 348 g/mol. The van der Waals surface area contributed by atoms with Crippen LogP contribution in [-0.4, -0.2) is 34.7 Å². The summed E-state index contributed by atoms with van der Waals surface area (Å²) < 4.78 is 16.2. The molecule has 0 aliphatic carbocycles. The first-order valence-electron chi connectivity index (χ1n) is 9.25. The largest absolute Gasteiger partial charge is 0.453 e. The van der Waals surface area contributed by atoms with Crippen molar-refractivity contribution in [3.05, 3.63) is 54.1 Å². The number of cyclic esters (lactones) is 1. The number of aliphatic hydroxyl groups is 1. The van der Waals surface area contributed by atoms with Gasteiger partial charge >= 0.3 is 11.9 Å². The van der Waals surface area contributed by atoms with E-state index in [-0.39, 0.29) is 0 Å². The first kappa shape index (κ1) is 19.3. The Kier molecular flexibility index (Phi) is 5.77. The number of hydrogen-bond donors (Lipinski definition) is 1. The Hall–Kier alpha value is -2.44. The smallest absolute Gasteiger partial charge is 0.333 e. The van der Waals surface area contributed by atoms with E-state index in [1.165, 1.54) is 12.2 Å². The van der Waals surface area contributed by atoms with E-state index in [9.17, 15) is 14.7 Å². The SMILES string of the molecule is CCCCCC1(OC(=O)/C=C/c2ccccc2)OC1(O)C1CC=CC(=O)O1. The van der Waals surface area contributed by atoms with Gasteiger partial charge in [-0.2, -0.15) is 0 Å². The van der Waals surface area contributed by atoms with Crippen LogP contribution in [0.25, 0.3) is 6.08 Å². The molecule has 0 bridgehead atoms. The van der Waals surface area contributed by atoms with Crippen LogP contribution in [0.2, 0.25) is 0 Å². The van der Waals surface area contributed by atoms with Crippen molar-refractivity contribution >= 4 is 18.0 Å². The van der Waals surface area contributed by atoms with Gasteiger partial charge in [-0.1, -0.05) is 56.2 Å². The standard InChI is InChI=1S/C21H24O6/c1-2-3-7-15-20(21(24,27-20)17-11-8-12-18(22)25-17)26-19(23)14-13-16-9-5-4-6-10-16/h4-6,8-10,12-14,17,24H,2-3,7,11,15H2,1H3/b14-13+. The van der Waals surface area contributed by atoms with Crippen LogP contribution >= 0.6 is 0 Å². The van der Waals surface area contributed by atoms with Crippen LogP contribution < -0.4 is 0 Å². The zero-order valence-corrected chi connectivity index (χ0v) is 15.3. The lowest BCUT2D eigenvalue weighted by Gasteiger charge is -2.24. The Bertz CT molecular complexity index is 740. The van der Waals surface area contributed by atoms with E-state index in [0.29, 0.717) is 19.3 Å². The number of carbonyl (C=O) groups is 2. The molecule has 1 fully saturated rings. The van der Waals surface area contributed by atoms with Crippen LogP contribution in [0.15, 0.2) is 48.6 Å². The maximum Gasteiger partial charge on any atom is 0.333 e. The summed E-state index contributed by atoms with van der Waals surface area (Å²) in [6.07, 6.45) is 8.17. The van der Waals surface area contributed by atoms with Crippen LogP contribution in [0.1, 0.15) is 44.6 Å². The van der Waals surface area contributed by atoms with E-state index >= 15 is 0 Å². The topological polar surface area (TPSA) is 85.4 Å². The maximum atomic E-state index is 12.3. The van der Waals surface area contributed by atoms with E-state index in [2.05, 4.69) is 6.92 Å². The Morgan fingerprint density at radius 1 is 1.33 bits per heavy atom. The van der Waals surface area contributed by atoms with Crippen molar-refractivity contribution in [2.75, 3.05) is 0 Å². The molecule has 0 aromatic heterocycles. The molecule has 6 nitrogen and oxygen atoms in total. The lowest BCUT2D eigenvalue weighted by Crippen LogP contribution is -2.43. The summed E-state index contributed by atoms with van der Waals surface area (Å²) in [6.45, 7) is 2.05. The van der Waals surface area contributed by atoms with Gasteiger partial charge < -0.3 is 14.6 Å². The number of hydrogen-bond acceptors (Lipinski definition) is 6. The van der Waals surface area contributed by atoms with Gasteiger partial charge in [0.05, 0.1) is 0 Å². The van der Waals surface area contributed by atoms with Gasteiger partial charge in [0, 0.05) is 25.0 Å². The van der Waals surface area contributed by atoms with Gasteiger partial charge in [-0.25, -0.2) is 9.59 Å². The summed E-state index contributed by atoms with van der Waals surface area (Å²) in [7, 11) is 0. The van der Waals surface area contributed by atoms with E-state index in [1.54, 1.807) is 12.2 Å². The second-order valence-electron chi connectivity index (χ2n) is 6.74. The Labute approximate surface area is 158 Å². The Balaban J connectivity index is 1.70. The molecule has 2 aliphatic rings. The van der Waals surface area contributed by atoms with Gasteiger partial charge in [0.1, 0.15) is 0 Å². The van der Waals surface area contributed by atoms with E-state index < -0.39 is 29.6 Å². The number of carbonyl (C=O) groups excluding carboxylic acids is 2. The van der Waals surface area contributed by atoms with Crippen molar-refractivity contribution in [2.24, 2.45) is 0 Å². The average Bonchev–Trinajstić information content (AvgIpc) is 3.26. The van der Waals surface area contributed by atoms with E-state index in [0.717, 1.165) is 18.4 Å². The lowest BCUT2D eigenvalue weighted by atomic mass is 9.98. The monoisotopic (exact) mass is 372 g/mol. The van der Waals surface area contributed by atoms with Gasteiger partial charge in [-0.05, 0) is 18.1 Å². The van der Waals surface area contributed by atoms with E-state index in [4.69, 9.17) is 14.2 Å². The highest BCUT2D eigenvalue weighted by Gasteiger charge is 2.78. The van der Waals surface area contributed by atoms with Gasteiger partial charge in [-0.15, -0.1) is 0 Å². The summed E-state index contributed by atoms with van der Waals surface area (Å²) in [6, 6.07) is 9.34. The van der Waals surface area contributed by atoms with Crippen molar-refractivity contribution in [1.29, 1.82) is 0 Å². The number of unbranched alkanes of at least 4 members (excludes halogenated alkanes) is 2. The summed E-state index contributed by atoms with van der Waals surface area (Å²) in [5.41, 5.74) is 0.854. The zero-order chi connectivity index (χ0) is 19.3.